The molecule has 0 radical (unpaired) electrons. The summed E-state index contributed by atoms with van der Waals surface area (Å²) in [7, 11) is 1.88. The van der Waals surface area contributed by atoms with Crippen LogP contribution in [0, 0.1) is 5.41 Å². The van der Waals surface area contributed by atoms with Crippen molar-refractivity contribution in [1.29, 1.82) is 5.41 Å². The third kappa shape index (κ3) is 5.77. The molecule has 6 heteroatoms. The van der Waals surface area contributed by atoms with Crippen LogP contribution in [0.4, 0.5) is 5.69 Å². The summed E-state index contributed by atoms with van der Waals surface area (Å²) in [5.74, 6) is 0.395. The Hall–Kier alpha value is -0.970. The Morgan fingerprint density at radius 3 is 2.59 bits per heavy atom. The van der Waals surface area contributed by atoms with Gasteiger partial charge in [0.15, 0.2) is 5.96 Å². The van der Waals surface area contributed by atoms with Gasteiger partial charge in [0.25, 0.3) is 0 Å². The van der Waals surface area contributed by atoms with E-state index in [-0.39, 0.29) is 24.8 Å². The van der Waals surface area contributed by atoms with E-state index >= 15 is 0 Å². The molecule has 0 aliphatic carbocycles. The molecule has 0 aliphatic rings. The minimum atomic E-state index is 0. The summed E-state index contributed by atoms with van der Waals surface area (Å²) < 4.78 is 0. The second-order valence-electron chi connectivity index (χ2n) is 3.39. The molecule has 0 saturated heterocycles. The molecule has 0 saturated carbocycles. The molecule has 0 heterocycles. The van der Waals surface area contributed by atoms with E-state index in [1.165, 1.54) is 0 Å². The highest BCUT2D eigenvalue weighted by atomic mass is 35.5. The van der Waals surface area contributed by atoms with E-state index in [9.17, 15) is 0 Å². The van der Waals surface area contributed by atoms with Crippen molar-refractivity contribution in [3.05, 3.63) is 29.8 Å². The van der Waals surface area contributed by atoms with Gasteiger partial charge in [-0.2, -0.15) is 0 Å². The van der Waals surface area contributed by atoms with Crippen molar-refractivity contribution in [1.82, 2.24) is 4.90 Å². The van der Waals surface area contributed by atoms with Crippen LogP contribution in [-0.4, -0.2) is 24.5 Å². The summed E-state index contributed by atoms with van der Waals surface area (Å²) in [5.41, 5.74) is 7.51. The van der Waals surface area contributed by atoms with Crippen molar-refractivity contribution < 1.29 is 0 Å². The van der Waals surface area contributed by atoms with Gasteiger partial charge in [0.1, 0.15) is 0 Å². The zero-order valence-electron chi connectivity index (χ0n) is 10.1. The Kier molecular flexibility index (Phi) is 9.85. The van der Waals surface area contributed by atoms with E-state index < -0.39 is 0 Å². The molecule has 1 rings (SSSR count). The molecule has 0 unspecified atom stereocenters. The molecule has 0 bridgehead atoms. The van der Waals surface area contributed by atoms with Crippen LogP contribution in [0.15, 0.2) is 24.3 Å². The van der Waals surface area contributed by atoms with Crippen LogP contribution in [0.25, 0.3) is 0 Å². The number of nitrogens with one attached hydrogen (secondary N) is 2. The number of halogens is 2. The minimum absolute atomic E-state index is 0. The van der Waals surface area contributed by atoms with Crippen LogP contribution < -0.4 is 11.1 Å². The molecule has 1 aromatic carbocycles. The van der Waals surface area contributed by atoms with E-state index in [1.54, 1.807) is 0 Å². The maximum absolute atomic E-state index is 7.74. The van der Waals surface area contributed by atoms with Gasteiger partial charge in [0.2, 0.25) is 0 Å². The zero-order chi connectivity index (χ0) is 11.3. The lowest BCUT2D eigenvalue weighted by molar-refractivity contribution is 0.530. The standard InChI is InChI=1S/C11H18N4.2ClH/c1-3-15(2)11(13)14-10-6-4-5-9(7-10)8-12;;/h4-7H,3,8,12H2,1-2H3,(H2,13,14);2*1H. The van der Waals surface area contributed by atoms with Crippen molar-refractivity contribution in [2.75, 3.05) is 18.9 Å². The second kappa shape index (κ2) is 9.10. The summed E-state index contributed by atoms with van der Waals surface area (Å²) in [5, 5.41) is 10.8. The monoisotopic (exact) mass is 278 g/mol. The second-order valence-corrected chi connectivity index (χ2v) is 3.39. The highest BCUT2D eigenvalue weighted by molar-refractivity contribution is 5.91. The van der Waals surface area contributed by atoms with E-state index in [0.717, 1.165) is 17.8 Å². The number of hydrogen-bond donors (Lipinski definition) is 3. The van der Waals surface area contributed by atoms with Gasteiger partial charge >= 0.3 is 0 Å². The molecule has 0 amide bonds. The Bertz CT molecular complexity index is 344. The predicted octanol–water partition coefficient (Wildman–Crippen LogP) is 2.29. The molecule has 17 heavy (non-hydrogen) atoms. The van der Waals surface area contributed by atoms with Crippen molar-refractivity contribution in [3.8, 4) is 0 Å². The molecular formula is C11H20Cl2N4. The molecule has 0 aliphatic heterocycles. The number of benzene rings is 1. The number of anilines is 1. The lowest BCUT2D eigenvalue weighted by atomic mass is 10.2. The Morgan fingerprint density at radius 1 is 1.41 bits per heavy atom. The lowest BCUT2D eigenvalue weighted by Crippen LogP contribution is -2.31. The molecule has 0 fully saturated rings. The normalized spacial score (nSPS) is 8.65. The number of guanidine groups is 1. The fourth-order valence-electron chi connectivity index (χ4n) is 1.17. The largest absolute Gasteiger partial charge is 0.346 e. The van der Waals surface area contributed by atoms with E-state index in [1.807, 2.05) is 43.1 Å². The summed E-state index contributed by atoms with van der Waals surface area (Å²) >= 11 is 0. The van der Waals surface area contributed by atoms with Gasteiger partial charge in [-0.3, -0.25) is 5.41 Å². The Morgan fingerprint density at radius 2 is 2.06 bits per heavy atom. The summed E-state index contributed by atoms with van der Waals surface area (Å²) in [6, 6.07) is 7.79. The molecule has 4 nitrogen and oxygen atoms in total. The van der Waals surface area contributed by atoms with Gasteiger partial charge in [0.05, 0.1) is 0 Å². The average molecular weight is 279 g/mol. The fourth-order valence-corrected chi connectivity index (χ4v) is 1.17. The maximum Gasteiger partial charge on any atom is 0.195 e. The van der Waals surface area contributed by atoms with E-state index in [0.29, 0.717) is 12.5 Å². The van der Waals surface area contributed by atoms with Gasteiger partial charge in [-0.15, -0.1) is 24.8 Å². The number of rotatable bonds is 3. The molecule has 0 aromatic heterocycles. The lowest BCUT2D eigenvalue weighted by Gasteiger charge is -2.18. The number of nitrogens with two attached hydrogens (primary N) is 1. The Labute approximate surface area is 115 Å². The SMILES string of the molecule is CCN(C)C(=N)Nc1cccc(CN)c1.Cl.Cl. The fraction of sp³-hybridized carbons (Fsp3) is 0.364. The molecule has 98 valence electrons. The van der Waals surface area contributed by atoms with Crippen molar-refractivity contribution in [2.45, 2.75) is 13.5 Å². The summed E-state index contributed by atoms with van der Waals surface area (Å²) in [6.45, 7) is 3.33. The van der Waals surface area contributed by atoms with Crippen molar-refractivity contribution in [2.24, 2.45) is 5.73 Å². The topological polar surface area (TPSA) is 65.1 Å². The van der Waals surface area contributed by atoms with Gasteiger partial charge in [-0.25, -0.2) is 0 Å². The van der Waals surface area contributed by atoms with Crippen LogP contribution in [0.3, 0.4) is 0 Å². The highest BCUT2D eigenvalue weighted by Gasteiger charge is 2.02. The van der Waals surface area contributed by atoms with Crippen LogP contribution in [0.5, 0.6) is 0 Å². The van der Waals surface area contributed by atoms with Crippen LogP contribution >= 0.6 is 24.8 Å². The van der Waals surface area contributed by atoms with Gasteiger partial charge in [-0.05, 0) is 24.6 Å². The minimum Gasteiger partial charge on any atom is -0.346 e. The smallest absolute Gasteiger partial charge is 0.195 e. The average Bonchev–Trinajstić information content (AvgIpc) is 2.28. The maximum atomic E-state index is 7.74. The van der Waals surface area contributed by atoms with Crippen LogP contribution in [-0.2, 0) is 6.54 Å². The summed E-state index contributed by atoms with van der Waals surface area (Å²) in [6.07, 6.45) is 0. The number of hydrogen-bond acceptors (Lipinski definition) is 2. The third-order valence-corrected chi connectivity index (χ3v) is 2.28. The summed E-state index contributed by atoms with van der Waals surface area (Å²) in [4.78, 5) is 1.83. The van der Waals surface area contributed by atoms with Crippen molar-refractivity contribution >= 4 is 36.5 Å². The first-order valence-corrected chi connectivity index (χ1v) is 5.03. The van der Waals surface area contributed by atoms with Crippen LogP contribution in [0.1, 0.15) is 12.5 Å². The molecular weight excluding hydrogens is 259 g/mol. The van der Waals surface area contributed by atoms with Gasteiger partial charge < -0.3 is 16.0 Å². The van der Waals surface area contributed by atoms with E-state index in [2.05, 4.69) is 5.32 Å². The first kappa shape index (κ1) is 18.4. The first-order valence-electron chi connectivity index (χ1n) is 5.03. The predicted molar refractivity (Wildman–Crippen MR) is 78.5 cm³/mol. The molecule has 4 N–H and O–H groups in total. The quantitative estimate of drug-likeness (QED) is 0.587. The molecule has 0 spiro atoms. The van der Waals surface area contributed by atoms with Gasteiger partial charge in [-0.1, -0.05) is 12.1 Å². The van der Waals surface area contributed by atoms with Crippen LogP contribution in [0.2, 0.25) is 0 Å². The molecule has 0 atom stereocenters. The number of nitrogens with zero attached hydrogens (tertiary/aromatic N) is 1. The third-order valence-electron chi connectivity index (χ3n) is 2.28. The van der Waals surface area contributed by atoms with E-state index in [4.69, 9.17) is 11.1 Å². The van der Waals surface area contributed by atoms with Crippen molar-refractivity contribution in [3.63, 3.8) is 0 Å². The first-order chi connectivity index (χ1) is 7.17. The Balaban J connectivity index is 0. The van der Waals surface area contributed by atoms with Gasteiger partial charge in [0, 0.05) is 25.8 Å². The zero-order valence-corrected chi connectivity index (χ0v) is 11.7. The highest BCUT2D eigenvalue weighted by Crippen LogP contribution is 2.10. The molecule has 1 aromatic rings.